The first-order chi connectivity index (χ1) is 10.0. The first-order valence-electron chi connectivity index (χ1n) is 6.61. The molecule has 1 atom stereocenters. The van der Waals surface area contributed by atoms with Crippen molar-refractivity contribution in [1.82, 2.24) is 4.90 Å². The minimum Gasteiger partial charge on any atom is -0.329 e. The van der Waals surface area contributed by atoms with Crippen molar-refractivity contribution in [3.8, 4) is 0 Å². The van der Waals surface area contributed by atoms with Gasteiger partial charge in [-0.25, -0.2) is 4.39 Å². The van der Waals surface area contributed by atoms with Gasteiger partial charge in [-0.05, 0) is 48.5 Å². The molecule has 0 saturated carbocycles. The van der Waals surface area contributed by atoms with E-state index in [2.05, 4.69) is 20.8 Å². The van der Waals surface area contributed by atoms with Crippen LogP contribution in [0.1, 0.15) is 17.2 Å². The van der Waals surface area contributed by atoms with E-state index in [1.54, 1.807) is 6.07 Å². The van der Waals surface area contributed by atoms with E-state index in [1.165, 1.54) is 12.1 Å². The van der Waals surface area contributed by atoms with E-state index < -0.39 is 0 Å². The Morgan fingerprint density at radius 3 is 2.71 bits per heavy atom. The van der Waals surface area contributed by atoms with Crippen LogP contribution < -0.4 is 5.73 Å². The van der Waals surface area contributed by atoms with Gasteiger partial charge in [0, 0.05) is 28.6 Å². The van der Waals surface area contributed by atoms with Crippen molar-refractivity contribution in [2.24, 2.45) is 5.73 Å². The number of hydrogen-bond acceptors (Lipinski definition) is 2. The smallest absolute Gasteiger partial charge is 0.123 e. The molecule has 2 aromatic rings. The molecule has 2 aromatic carbocycles. The van der Waals surface area contributed by atoms with E-state index >= 15 is 0 Å². The summed E-state index contributed by atoms with van der Waals surface area (Å²) in [5, 5.41) is 0.672. The Balaban J connectivity index is 2.22. The van der Waals surface area contributed by atoms with Crippen LogP contribution in [0, 0.1) is 5.82 Å². The monoisotopic (exact) mass is 370 g/mol. The quantitative estimate of drug-likeness (QED) is 0.845. The Bertz CT molecular complexity index is 621. The van der Waals surface area contributed by atoms with Crippen LogP contribution in [0.2, 0.25) is 5.02 Å². The molecule has 0 aliphatic carbocycles. The first kappa shape index (κ1) is 16.4. The Kier molecular flexibility index (Phi) is 5.76. The second-order valence-electron chi connectivity index (χ2n) is 4.96. The Hall–Kier alpha value is -0.940. The zero-order chi connectivity index (χ0) is 15.4. The second-order valence-corrected chi connectivity index (χ2v) is 6.25. The van der Waals surface area contributed by atoms with Gasteiger partial charge >= 0.3 is 0 Å². The number of likely N-dealkylation sites (N-methyl/N-ethyl adjacent to an activating group) is 1. The number of nitrogens with zero attached hydrogens (tertiary/aromatic N) is 1. The number of hydrogen-bond donors (Lipinski definition) is 1. The second kappa shape index (κ2) is 7.36. The molecule has 2 N–H and O–H groups in total. The van der Waals surface area contributed by atoms with Crippen LogP contribution in [0.25, 0.3) is 0 Å². The fourth-order valence-electron chi connectivity index (χ4n) is 2.35. The van der Waals surface area contributed by atoms with Gasteiger partial charge in [-0.15, -0.1) is 0 Å². The summed E-state index contributed by atoms with van der Waals surface area (Å²) in [5.41, 5.74) is 7.87. The molecule has 0 aromatic heterocycles. The summed E-state index contributed by atoms with van der Waals surface area (Å²) in [5.74, 6) is -0.228. The largest absolute Gasteiger partial charge is 0.329 e. The lowest BCUT2D eigenvalue weighted by Crippen LogP contribution is -2.30. The van der Waals surface area contributed by atoms with Crippen LogP contribution in [0.5, 0.6) is 0 Å². The average molecular weight is 372 g/mol. The van der Waals surface area contributed by atoms with Crippen molar-refractivity contribution in [1.29, 1.82) is 0 Å². The molecule has 0 spiro atoms. The number of benzene rings is 2. The van der Waals surface area contributed by atoms with Crippen LogP contribution in [0.3, 0.4) is 0 Å². The number of halogens is 3. The molecule has 21 heavy (non-hydrogen) atoms. The van der Waals surface area contributed by atoms with E-state index in [4.69, 9.17) is 17.3 Å². The molecule has 0 fully saturated rings. The van der Waals surface area contributed by atoms with Gasteiger partial charge in [0.15, 0.2) is 0 Å². The van der Waals surface area contributed by atoms with E-state index in [-0.39, 0.29) is 11.9 Å². The molecule has 0 bridgehead atoms. The summed E-state index contributed by atoms with van der Waals surface area (Å²) in [4.78, 5) is 2.09. The van der Waals surface area contributed by atoms with Crippen LogP contribution >= 0.6 is 27.5 Å². The van der Waals surface area contributed by atoms with Crippen LogP contribution in [0.4, 0.5) is 4.39 Å². The summed E-state index contributed by atoms with van der Waals surface area (Å²) in [6.45, 7) is 1.06. The molecule has 0 aliphatic heterocycles. The van der Waals surface area contributed by atoms with E-state index in [9.17, 15) is 4.39 Å². The highest BCUT2D eigenvalue weighted by Gasteiger charge is 2.18. The van der Waals surface area contributed by atoms with E-state index in [1.807, 2.05) is 31.3 Å². The van der Waals surface area contributed by atoms with Crippen molar-refractivity contribution >= 4 is 27.5 Å². The Morgan fingerprint density at radius 1 is 1.29 bits per heavy atom. The van der Waals surface area contributed by atoms with E-state index in [0.717, 1.165) is 15.6 Å². The van der Waals surface area contributed by atoms with Crippen LogP contribution in [0.15, 0.2) is 46.9 Å². The molecule has 5 heteroatoms. The summed E-state index contributed by atoms with van der Waals surface area (Å²) < 4.78 is 14.2. The van der Waals surface area contributed by atoms with Gasteiger partial charge in [0.1, 0.15) is 5.82 Å². The summed E-state index contributed by atoms with van der Waals surface area (Å²) >= 11 is 9.61. The molecule has 2 nitrogen and oxygen atoms in total. The van der Waals surface area contributed by atoms with Gasteiger partial charge < -0.3 is 5.73 Å². The van der Waals surface area contributed by atoms with Gasteiger partial charge in [0.2, 0.25) is 0 Å². The van der Waals surface area contributed by atoms with Crippen LogP contribution in [-0.2, 0) is 6.54 Å². The number of rotatable bonds is 5. The maximum Gasteiger partial charge on any atom is 0.123 e. The Labute approximate surface area is 137 Å². The van der Waals surface area contributed by atoms with Gasteiger partial charge in [-0.1, -0.05) is 39.7 Å². The highest BCUT2D eigenvalue weighted by molar-refractivity contribution is 9.10. The minimum absolute atomic E-state index is 0.00124. The third kappa shape index (κ3) is 4.27. The predicted molar refractivity (Wildman–Crippen MR) is 88.8 cm³/mol. The minimum atomic E-state index is -0.228. The van der Waals surface area contributed by atoms with Crippen LogP contribution in [-0.4, -0.2) is 18.5 Å². The van der Waals surface area contributed by atoms with Crippen molar-refractivity contribution < 1.29 is 4.39 Å². The van der Waals surface area contributed by atoms with Gasteiger partial charge in [-0.2, -0.15) is 0 Å². The molecule has 112 valence electrons. The molecule has 0 aliphatic rings. The van der Waals surface area contributed by atoms with Crippen molar-refractivity contribution in [3.05, 3.63) is 68.9 Å². The molecule has 0 radical (unpaired) electrons. The van der Waals surface area contributed by atoms with Gasteiger partial charge in [0.25, 0.3) is 0 Å². The topological polar surface area (TPSA) is 29.3 Å². The highest BCUT2D eigenvalue weighted by atomic mass is 79.9. The fraction of sp³-hybridized carbons (Fsp3) is 0.250. The standard InChI is InChI=1S/C16H17BrClFN2/c1-21(10-11-3-2-4-13(19)7-11)16(9-20)14-8-12(18)5-6-15(14)17/h2-8,16H,9-10,20H2,1H3. The van der Waals surface area contributed by atoms with Crippen molar-refractivity contribution in [3.63, 3.8) is 0 Å². The predicted octanol–water partition coefficient (Wildman–Crippen LogP) is 4.37. The molecule has 0 amide bonds. The maximum absolute atomic E-state index is 13.3. The molecule has 0 saturated heterocycles. The fourth-order valence-corrected chi connectivity index (χ4v) is 3.04. The number of nitrogens with two attached hydrogens (primary N) is 1. The lowest BCUT2D eigenvalue weighted by atomic mass is 10.0. The summed E-state index contributed by atoms with van der Waals surface area (Å²) in [7, 11) is 1.97. The third-order valence-electron chi connectivity index (χ3n) is 3.39. The third-order valence-corrected chi connectivity index (χ3v) is 4.35. The van der Waals surface area contributed by atoms with Crippen molar-refractivity contribution in [2.75, 3.05) is 13.6 Å². The zero-order valence-electron chi connectivity index (χ0n) is 11.7. The summed E-state index contributed by atoms with van der Waals surface area (Å²) in [6.07, 6.45) is 0. The maximum atomic E-state index is 13.3. The van der Waals surface area contributed by atoms with Gasteiger partial charge in [-0.3, -0.25) is 4.90 Å². The molecular weight excluding hydrogens is 355 g/mol. The summed E-state index contributed by atoms with van der Waals surface area (Å²) in [6, 6.07) is 12.2. The molecule has 2 rings (SSSR count). The molecular formula is C16H17BrClFN2. The molecule has 0 heterocycles. The average Bonchev–Trinajstić information content (AvgIpc) is 2.43. The Morgan fingerprint density at radius 2 is 2.05 bits per heavy atom. The van der Waals surface area contributed by atoms with Gasteiger partial charge in [0.05, 0.1) is 0 Å². The lowest BCUT2D eigenvalue weighted by molar-refractivity contribution is 0.241. The first-order valence-corrected chi connectivity index (χ1v) is 7.78. The van der Waals surface area contributed by atoms with E-state index in [0.29, 0.717) is 18.1 Å². The highest BCUT2D eigenvalue weighted by Crippen LogP contribution is 2.30. The normalized spacial score (nSPS) is 12.7. The molecule has 1 unspecified atom stereocenters. The lowest BCUT2D eigenvalue weighted by Gasteiger charge is -2.28. The zero-order valence-corrected chi connectivity index (χ0v) is 14.0. The SMILES string of the molecule is CN(Cc1cccc(F)c1)C(CN)c1cc(Cl)ccc1Br. The van der Waals surface area contributed by atoms with Crippen molar-refractivity contribution in [2.45, 2.75) is 12.6 Å².